The van der Waals surface area contributed by atoms with E-state index in [0.717, 1.165) is 0 Å². The fourth-order valence-electron chi connectivity index (χ4n) is 7.37. The zero-order valence-electron chi connectivity index (χ0n) is 23.0. The molecule has 3 aromatic carbocycles. The van der Waals surface area contributed by atoms with Crippen molar-refractivity contribution in [3.05, 3.63) is 119 Å². The van der Waals surface area contributed by atoms with Crippen LogP contribution in [0.15, 0.2) is 97.1 Å². The second-order valence-corrected chi connectivity index (χ2v) is 10.9. The first-order chi connectivity index (χ1) is 17.8. The fourth-order valence-corrected chi connectivity index (χ4v) is 7.37. The van der Waals surface area contributed by atoms with Gasteiger partial charge < -0.3 is 24.8 Å². The SMILES string of the molecule is CCCCC(C1=c2ccccc2=C2C=CC=CC21)C(CCCC)C1c2ccccc2-c2ccccc21.[Cl-].[Cl-].[Zr+2]. The Morgan fingerprint density at radius 3 is 1.87 bits per heavy atom. The van der Waals surface area contributed by atoms with E-state index in [1.54, 1.807) is 16.7 Å². The van der Waals surface area contributed by atoms with Crippen molar-refractivity contribution in [2.75, 3.05) is 0 Å². The summed E-state index contributed by atoms with van der Waals surface area (Å²) in [7, 11) is 0. The van der Waals surface area contributed by atoms with Crippen molar-refractivity contribution in [3.8, 4) is 11.1 Å². The predicted molar refractivity (Wildman–Crippen MR) is 154 cm³/mol. The van der Waals surface area contributed by atoms with Crippen LogP contribution in [-0.2, 0) is 26.2 Å². The monoisotopic (exact) mass is 630 g/mol. The summed E-state index contributed by atoms with van der Waals surface area (Å²) in [6.07, 6.45) is 17.0. The second kappa shape index (κ2) is 14.3. The van der Waals surface area contributed by atoms with Crippen molar-refractivity contribution < 1.29 is 51.0 Å². The van der Waals surface area contributed by atoms with Gasteiger partial charge >= 0.3 is 26.2 Å². The maximum absolute atomic E-state index is 2.47. The molecular formula is C36H38Cl2Zr. The van der Waals surface area contributed by atoms with E-state index >= 15 is 0 Å². The topological polar surface area (TPSA) is 0 Å². The molecule has 0 radical (unpaired) electrons. The van der Waals surface area contributed by atoms with Crippen molar-refractivity contribution in [2.24, 2.45) is 17.8 Å². The Balaban J connectivity index is 0.00000140. The molecular weight excluding hydrogens is 595 g/mol. The third-order valence-corrected chi connectivity index (χ3v) is 8.90. The standard InChI is InChI=1S/C36H38.2ClH.Zr/c1-3-5-15-33(35-29-21-11-7-17-25(29)26-18-8-12-22-30(26)35)34(16-6-4-2)36-31-23-13-9-19-27(31)28-20-10-14-24-32(28)36;;;/h7-14,17-24,29,33-34,36H,3-6,15-16H2,1-2H3;2*1H;/q;;;+2/p-2. The van der Waals surface area contributed by atoms with Gasteiger partial charge in [0.05, 0.1) is 0 Å². The van der Waals surface area contributed by atoms with E-state index in [1.807, 2.05) is 0 Å². The van der Waals surface area contributed by atoms with E-state index in [0.29, 0.717) is 23.7 Å². The van der Waals surface area contributed by atoms with Gasteiger partial charge in [-0.05, 0) is 68.5 Å². The molecule has 0 saturated heterocycles. The van der Waals surface area contributed by atoms with E-state index in [-0.39, 0.29) is 51.0 Å². The molecule has 0 nitrogen and oxygen atoms in total. The Kier molecular flexibility index (Phi) is 11.7. The molecule has 200 valence electrons. The van der Waals surface area contributed by atoms with Crippen molar-refractivity contribution in [1.82, 2.24) is 0 Å². The third kappa shape index (κ3) is 5.75. The molecule has 0 aromatic heterocycles. The van der Waals surface area contributed by atoms with Gasteiger partial charge in [-0.15, -0.1) is 0 Å². The predicted octanol–water partition coefficient (Wildman–Crippen LogP) is 2.17. The van der Waals surface area contributed by atoms with Gasteiger partial charge in [0.1, 0.15) is 0 Å². The van der Waals surface area contributed by atoms with E-state index in [4.69, 9.17) is 0 Å². The van der Waals surface area contributed by atoms with Crippen LogP contribution >= 0.6 is 0 Å². The van der Waals surface area contributed by atoms with Crippen LogP contribution in [0.3, 0.4) is 0 Å². The summed E-state index contributed by atoms with van der Waals surface area (Å²) in [6, 6.07) is 27.7. The normalized spacial score (nSPS) is 17.6. The van der Waals surface area contributed by atoms with Crippen LogP contribution in [0.2, 0.25) is 0 Å². The molecule has 3 unspecified atom stereocenters. The van der Waals surface area contributed by atoms with Gasteiger partial charge in [0, 0.05) is 11.8 Å². The van der Waals surface area contributed by atoms with Gasteiger partial charge in [0.25, 0.3) is 0 Å². The zero-order valence-corrected chi connectivity index (χ0v) is 27.0. The van der Waals surface area contributed by atoms with Gasteiger partial charge in [-0.25, -0.2) is 0 Å². The molecule has 0 spiro atoms. The largest absolute Gasteiger partial charge is 2.00 e. The number of allylic oxidation sites excluding steroid dienone is 4. The molecule has 3 aliphatic rings. The van der Waals surface area contributed by atoms with Crippen LogP contribution in [-0.4, -0.2) is 0 Å². The number of hydrogen-bond donors (Lipinski definition) is 0. The van der Waals surface area contributed by atoms with E-state index in [2.05, 4.69) is 111 Å². The van der Waals surface area contributed by atoms with E-state index in [9.17, 15) is 0 Å². The van der Waals surface area contributed by atoms with E-state index < -0.39 is 0 Å². The van der Waals surface area contributed by atoms with Crippen molar-refractivity contribution in [3.63, 3.8) is 0 Å². The summed E-state index contributed by atoms with van der Waals surface area (Å²) < 4.78 is 0. The summed E-state index contributed by atoms with van der Waals surface area (Å²) in [6.45, 7) is 4.71. The minimum atomic E-state index is 0. The van der Waals surface area contributed by atoms with Crippen LogP contribution in [0.4, 0.5) is 0 Å². The number of fused-ring (bicyclic) bond motifs is 5. The average molecular weight is 633 g/mol. The van der Waals surface area contributed by atoms with Crippen LogP contribution in [0.25, 0.3) is 22.3 Å². The number of hydrogen-bond acceptors (Lipinski definition) is 0. The summed E-state index contributed by atoms with van der Waals surface area (Å²) in [5.41, 5.74) is 9.22. The van der Waals surface area contributed by atoms with Gasteiger partial charge in [-0.2, -0.15) is 0 Å². The summed E-state index contributed by atoms with van der Waals surface area (Å²) in [5, 5.41) is 2.97. The molecule has 0 bridgehead atoms. The van der Waals surface area contributed by atoms with Gasteiger partial charge in [0.2, 0.25) is 0 Å². The first kappa shape index (κ1) is 31.9. The number of halogens is 2. The Hall–Kier alpha value is -1.66. The molecule has 0 heterocycles. The number of rotatable bonds is 9. The number of benzene rings is 3. The van der Waals surface area contributed by atoms with Crippen LogP contribution in [0, 0.1) is 17.8 Å². The second-order valence-electron chi connectivity index (χ2n) is 10.9. The molecule has 0 amide bonds. The Bertz CT molecular complexity index is 1410. The summed E-state index contributed by atoms with van der Waals surface area (Å²) in [5.74, 6) is 2.06. The molecule has 0 N–H and O–H groups in total. The molecule has 6 rings (SSSR count). The first-order valence-corrected chi connectivity index (χ1v) is 14.2. The van der Waals surface area contributed by atoms with Crippen molar-refractivity contribution >= 4 is 11.1 Å². The molecule has 3 atom stereocenters. The maximum Gasteiger partial charge on any atom is 2.00 e. The maximum atomic E-state index is 2.47. The summed E-state index contributed by atoms with van der Waals surface area (Å²) in [4.78, 5) is 0. The average Bonchev–Trinajstić information content (AvgIpc) is 3.44. The van der Waals surface area contributed by atoms with Gasteiger partial charge in [-0.3, -0.25) is 0 Å². The fraction of sp³-hybridized carbons (Fsp3) is 0.333. The van der Waals surface area contributed by atoms with Crippen LogP contribution in [0.5, 0.6) is 0 Å². The van der Waals surface area contributed by atoms with Crippen molar-refractivity contribution in [1.29, 1.82) is 0 Å². The molecule has 3 aromatic rings. The third-order valence-electron chi connectivity index (χ3n) is 8.90. The molecule has 3 aliphatic carbocycles. The quantitative estimate of drug-likeness (QED) is 0.340. The molecule has 0 fully saturated rings. The summed E-state index contributed by atoms with van der Waals surface area (Å²) >= 11 is 0. The van der Waals surface area contributed by atoms with Gasteiger partial charge in [0.15, 0.2) is 0 Å². The minimum absolute atomic E-state index is 0. The molecule has 0 saturated carbocycles. The molecule has 39 heavy (non-hydrogen) atoms. The van der Waals surface area contributed by atoms with Crippen LogP contribution < -0.4 is 35.3 Å². The Morgan fingerprint density at radius 1 is 0.667 bits per heavy atom. The smallest absolute Gasteiger partial charge is 1.00 e. The number of unbranched alkanes of at least 4 members (excludes halogenated alkanes) is 2. The molecule has 0 aliphatic heterocycles. The minimum Gasteiger partial charge on any atom is -1.00 e. The van der Waals surface area contributed by atoms with E-state index in [1.165, 1.54) is 65.7 Å². The Labute approximate surface area is 266 Å². The Morgan fingerprint density at radius 2 is 1.23 bits per heavy atom. The van der Waals surface area contributed by atoms with Crippen LogP contribution in [0.1, 0.15) is 69.4 Å². The van der Waals surface area contributed by atoms with Crippen molar-refractivity contribution in [2.45, 2.75) is 58.3 Å². The molecule has 3 heteroatoms. The first-order valence-electron chi connectivity index (χ1n) is 14.2. The zero-order chi connectivity index (χ0) is 24.5. The van der Waals surface area contributed by atoms with Gasteiger partial charge in [-0.1, -0.05) is 137 Å².